The van der Waals surface area contributed by atoms with Crippen LogP contribution in [-0.4, -0.2) is 49.5 Å². The van der Waals surface area contributed by atoms with Gasteiger partial charge in [0.1, 0.15) is 11.8 Å². The average molecular weight is 458 g/mol. The van der Waals surface area contributed by atoms with Crippen molar-refractivity contribution in [1.82, 2.24) is 15.5 Å². The van der Waals surface area contributed by atoms with Gasteiger partial charge in [0.15, 0.2) is 0 Å². The van der Waals surface area contributed by atoms with Crippen LogP contribution in [0.5, 0.6) is 5.75 Å². The summed E-state index contributed by atoms with van der Waals surface area (Å²) in [6, 6.07) is 13.9. The fourth-order valence-corrected chi connectivity index (χ4v) is 4.22. The van der Waals surface area contributed by atoms with E-state index in [1.165, 1.54) is 0 Å². The third-order valence-corrected chi connectivity index (χ3v) is 6.14. The summed E-state index contributed by atoms with van der Waals surface area (Å²) in [4.78, 5) is 28.2. The van der Waals surface area contributed by atoms with Crippen molar-refractivity contribution in [3.8, 4) is 5.75 Å². The highest BCUT2D eigenvalue weighted by Gasteiger charge is 2.29. The number of carbonyl (C=O) groups excluding carboxylic acids is 2. The molecule has 172 valence electrons. The minimum Gasteiger partial charge on any atom is -0.496 e. The maximum atomic E-state index is 13.1. The van der Waals surface area contributed by atoms with Crippen LogP contribution in [-0.2, 0) is 4.79 Å². The van der Waals surface area contributed by atoms with E-state index in [0.717, 1.165) is 37.2 Å². The number of benzene rings is 2. The molecule has 2 amide bonds. The highest BCUT2D eigenvalue weighted by atomic mass is 35.5. The van der Waals surface area contributed by atoms with Crippen LogP contribution in [0.1, 0.15) is 48.7 Å². The lowest BCUT2D eigenvalue weighted by Gasteiger charge is -2.30. The molecule has 0 aliphatic carbocycles. The van der Waals surface area contributed by atoms with E-state index < -0.39 is 6.04 Å². The van der Waals surface area contributed by atoms with Crippen molar-refractivity contribution in [2.75, 3.05) is 26.7 Å². The molecule has 1 saturated heterocycles. The van der Waals surface area contributed by atoms with Gasteiger partial charge in [-0.2, -0.15) is 0 Å². The van der Waals surface area contributed by atoms with Gasteiger partial charge in [-0.15, -0.1) is 0 Å². The monoisotopic (exact) mass is 457 g/mol. The molecule has 7 heteroatoms. The van der Waals surface area contributed by atoms with Gasteiger partial charge in [0.25, 0.3) is 5.91 Å². The number of para-hydroxylation sites is 1. The molecule has 0 aromatic heterocycles. The Morgan fingerprint density at radius 1 is 1.06 bits per heavy atom. The smallest absolute Gasteiger partial charge is 0.251 e. The number of likely N-dealkylation sites (tertiary alicyclic amines) is 1. The van der Waals surface area contributed by atoms with Gasteiger partial charge in [0.05, 0.1) is 13.2 Å². The Hall–Kier alpha value is -2.57. The van der Waals surface area contributed by atoms with Crippen LogP contribution in [0.2, 0.25) is 5.02 Å². The minimum absolute atomic E-state index is 0.0115. The molecule has 1 aliphatic rings. The van der Waals surface area contributed by atoms with Crippen LogP contribution in [0.15, 0.2) is 48.5 Å². The van der Waals surface area contributed by atoms with E-state index in [-0.39, 0.29) is 23.8 Å². The summed E-state index contributed by atoms with van der Waals surface area (Å²) < 4.78 is 5.58. The quantitative estimate of drug-likeness (QED) is 0.595. The molecule has 0 bridgehead atoms. The third-order valence-electron chi connectivity index (χ3n) is 5.89. The summed E-state index contributed by atoms with van der Waals surface area (Å²) in [6.45, 7) is 6.26. The molecule has 2 aromatic carbocycles. The zero-order valence-corrected chi connectivity index (χ0v) is 19.7. The van der Waals surface area contributed by atoms with Crippen molar-refractivity contribution < 1.29 is 14.3 Å². The van der Waals surface area contributed by atoms with Crippen LogP contribution in [0, 0.1) is 5.92 Å². The first-order valence-corrected chi connectivity index (χ1v) is 11.5. The van der Waals surface area contributed by atoms with E-state index >= 15 is 0 Å². The Morgan fingerprint density at radius 2 is 1.72 bits per heavy atom. The van der Waals surface area contributed by atoms with Crippen molar-refractivity contribution in [3.63, 3.8) is 0 Å². The molecule has 2 aromatic rings. The van der Waals surface area contributed by atoms with Crippen LogP contribution >= 0.6 is 11.6 Å². The first-order valence-electron chi connectivity index (χ1n) is 11.1. The van der Waals surface area contributed by atoms with Crippen molar-refractivity contribution in [3.05, 3.63) is 64.7 Å². The number of nitrogens with one attached hydrogen (secondary N) is 2. The molecule has 2 atom stereocenters. The van der Waals surface area contributed by atoms with Gasteiger partial charge in [0.2, 0.25) is 5.91 Å². The lowest BCUT2D eigenvalue weighted by atomic mass is 10.0. The second-order valence-corrected chi connectivity index (χ2v) is 8.88. The summed E-state index contributed by atoms with van der Waals surface area (Å²) in [7, 11) is 1.67. The second-order valence-electron chi connectivity index (χ2n) is 8.45. The lowest BCUT2D eigenvalue weighted by molar-refractivity contribution is -0.124. The Balaban J connectivity index is 1.71. The van der Waals surface area contributed by atoms with Gasteiger partial charge in [-0.3, -0.25) is 14.5 Å². The normalized spacial score (nSPS) is 15.9. The van der Waals surface area contributed by atoms with Gasteiger partial charge in [-0.05, 0) is 62.2 Å². The van der Waals surface area contributed by atoms with Gasteiger partial charge < -0.3 is 15.4 Å². The van der Waals surface area contributed by atoms with E-state index in [9.17, 15) is 9.59 Å². The molecule has 6 nitrogen and oxygen atoms in total. The number of hydrogen-bond donors (Lipinski definition) is 2. The molecule has 0 radical (unpaired) electrons. The molecule has 0 saturated carbocycles. The fourth-order valence-electron chi connectivity index (χ4n) is 4.10. The Kier molecular flexibility index (Phi) is 8.53. The summed E-state index contributed by atoms with van der Waals surface area (Å²) in [5.74, 6) is 0.260. The number of rotatable bonds is 9. The van der Waals surface area contributed by atoms with Crippen molar-refractivity contribution in [1.29, 1.82) is 0 Å². The maximum Gasteiger partial charge on any atom is 0.251 e. The maximum absolute atomic E-state index is 13.1. The predicted octanol–water partition coefficient (Wildman–Crippen LogP) is 4.06. The number of methoxy groups -OCH3 is 1. The zero-order valence-electron chi connectivity index (χ0n) is 18.9. The molecular formula is C25H32ClN3O3. The van der Waals surface area contributed by atoms with E-state index in [4.69, 9.17) is 16.3 Å². The fraction of sp³-hybridized carbons (Fsp3) is 0.440. The van der Waals surface area contributed by atoms with E-state index in [2.05, 4.69) is 21.6 Å². The molecule has 32 heavy (non-hydrogen) atoms. The minimum atomic E-state index is -0.643. The van der Waals surface area contributed by atoms with E-state index in [1.54, 1.807) is 31.4 Å². The number of carbonyl (C=O) groups is 2. The molecular weight excluding hydrogens is 426 g/mol. The molecule has 0 spiro atoms. The molecule has 1 heterocycles. The van der Waals surface area contributed by atoms with Gasteiger partial charge in [-0.1, -0.05) is 43.6 Å². The number of nitrogens with zero attached hydrogens (tertiary/aromatic N) is 1. The van der Waals surface area contributed by atoms with E-state index in [0.29, 0.717) is 17.1 Å². The van der Waals surface area contributed by atoms with Crippen molar-refractivity contribution >= 4 is 23.4 Å². The topological polar surface area (TPSA) is 70.7 Å². The molecule has 1 fully saturated rings. The first kappa shape index (κ1) is 24.1. The Bertz CT molecular complexity index is 911. The highest BCUT2D eigenvalue weighted by Crippen LogP contribution is 2.31. The van der Waals surface area contributed by atoms with Gasteiger partial charge >= 0.3 is 0 Å². The number of ether oxygens (including phenoxy) is 1. The SMILES string of the molecule is COc1ccccc1[C@H](CNC(=O)[C@@H](NC(=O)c1ccc(Cl)cc1)C(C)C)N1CCCC1. The van der Waals surface area contributed by atoms with Crippen LogP contribution in [0.4, 0.5) is 0 Å². The zero-order chi connectivity index (χ0) is 23.1. The van der Waals surface area contributed by atoms with Crippen LogP contribution < -0.4 is 15.4 Å². The number of hydrogen-bond acceptors (Lipinski definition) is 4. The van der Waals surface area contributed by atoms with Gasteiger partial charge in [0, 0.05) is 22.7 Å². The Morgan fingerprint density at radius 3 is 2.34 bits per heavy atom. The largest absolute Gasteiger partial charge is 0.496 e. The van der Waals surface area contributed by atoms with Crippen LogP contribution in [0.25, 0.3) is 0 Å². The highest BCUT2D eigenvalue weighted by molar-refractivity contribution is 6.30. The van der Waals surface area contributed by atoms with Gasteiger partial charge in [-0.25, -0.2) is 0 Å². The average Bonchev–Trinajstić information content (AvgIpc) is 3.32. The standard InChI is InChI=1S/C25H32ClN3O3/c1-17(2)23(28-24(30)18-10-12-19(26)13-11-18)25(31)27-16-21(29-14-6-7-15-29)20-8-4-5-9-22(20)32-3/h4-5,8-13,17,21,23H,6-7,14-16H2,1-3H3,(H,27,31)(H,28,30)/t21-,23-/m0/s1. The molecule has 0 unspecified atom stereocenters. The van der Waals surface area contributed by atoms with Crippen molar-refractivity contribution in [2.24, 2.45) is 5.92 Å². The summed E-state index contributed by atoms with van der Waals surface area (Å²) in [5.41, 5.74) is 1.53. The van der Waals surface area contributed by atoms with Crippen LogP contribution in [0.3, 0.4) is 0 Å². The summed E-state index contributed by atoms with van der Waals surface area (Å²) in [5, 5.41) is 6.52. The predicted molar refractivity (Wildman–Crippen MR) is 127 cm³/mol. The third kappa shape index (κ3) is 6.02. The summed E-state index contributed by atoms with van der Waals surface area (Å²) >= 11 is 5.91. The second kappa shape index (κ2) is 11.3. The van der Waals surface area contributed by atoms with Crippen molar-refractivity contribution in [2.45, 2.75) is 38.8 Å². The lowest BCUT2D eigenvalue weighted by Crippen LogP contribution is -2.51. The molecule has 3 rings (SSSR count). The molecule has 2 N–H and O–H groups in total. The Labute approximate surface area is 195 Å². The number of amides is 2. The molecule has 1 aliphatic heterocycles. The van der Waals surface area contributed by atoms with E-state index in [1.807, 2.05) is 32.0 Å². The summed E-state index contributed by atoms with van der Waals surface area (Å²) in [6.07, 6.45) is 2.29. The number of halogens is 1. The first-order chi connectivity index (χ1) is 15.4.